The number of benzene rings is 1. The Morgan fingerprint density at radius 2 is 1.87 bits per heavy atom. The summed E-state index contributed by atoms with van der Waals surface area (Å²) in [7, 11) is -3.40. The summed E-state index contributed by atoms with van der Waals surface area (Å²) in [5.41, 5.74) is 1.08. The molecule has 1 amide bonds. The normalized spacial score (nSPS) is 17.8. The lowest BCUT2D eigenvalue weighted by atomic mass is 9.87. The van der Waals surface area contributed by atoms with Crippen molar-refractivity contribution >= 4 is 21.7 Å². The summed E-state index contributed by atoms with van der Waals surface area (Å²) in [6, 6.07) is 7.25. The number of nitrogens with one attached hydrogen (secondary N) is 2. The number of carbonyl (C=O) groups excluding carboxylic acids is 1. The molecule has 1 aromatic rings. The highest BCUT2D eigenvalue weighted by molar-refractivity contribution is 7.91. The molecule has 1 atom stereocenters. The molecular formula is C22H36N4O3S. The van der Waals surface area contributed by atoms with E-state index in [1.165, 1.54) is 0 Å². The molecule has 0 saturated carbocycles. The Morgan fingerprint density at radius 3 is 2.43 bits per heavy atom. The van der Waals surface area contributed by atoms with Crippen LogP contribution < -0.4 is 10.6 Å². The van der Waals surface area contributed by atoms with Crippen LogP contribution in [0.2, 0.25) is 0 Å². The van der Waals surface area contributed by atoms with E-state index >= 15 is 0 Å². The smallest absolute Gasteiger partial charge is 0.222 e. The molecule has 1 heterocycles. The number of guanidine groups is 1. The molecule has 0 aromatic heterocycles. The number of hydrogen-bond donors (Lipinski definition) is 2. The van der Waals surface area contributed by atoms with E-state index in [-0.39, 0.29) is 29.7 Å². The highest BCUT2D eigenvalue weighted by Crippen LogP contribution is 2.23. The van der Waals surface area contributed by atoms with E-state index < -0.39 is 9.84 Å². The second kappa shape index (κ2) is 10.3. The van der Waals surface area contributed by atoms with Gasteiger partial charge in [-0.2, -0.15) is 0 Å². The van der Waals surface area contributed by atoms with Crippen LogP contribution in [0.4, 0.5) is 0 Å². The minimum Gasteiger partial charge on any atom is -0.357 e. The SMILES string of the molecule is CCNC(=NCCS(=O)(=O)c1ccc(C(C)(C)C)cc1)NC1CCN(C(=O)CC)C1. The van der Waals surface area contributed by atoms with E-state index in [4.69, 9.17) is 0 Å². The minimum atomic E-state index is -3.40. The van der Waals surface area contributed by atoms with Crippen LogP contribution in [0.3, 0.4) is 0 Å². The first-order valence-electron chi connectivity index (χ1n) is 10.7. The van der Waals surface area contributed by atoms with Crippen molar-refractivity contribution in [1.29, 1.82) is 0 Å². The number of sulfone groups is 1. The first-order chi connectivity index (χ1) is 14.1. The Bertz CT molecular complexity index is 842. The lowest BCUT2D eigenvalue weighted by molar-refractivity contribution is -0.129. The van der Waals surface area contributed by atoms with Crippen LogP contribution >= 0.6 is 0 Å². The third-order valence-electron chi connectivity index (χ3n) is 5.24. The molecule has 168 valence electrons. The van der Waals surface area contributed by atoms with Gasteiger partial charge in [0.2, 0.25) is 5.91 Å². The van der Waals surface area contributed by atoms with Crippen LogP contribution in [0, 0.1) is 0 Å². The molecule has 1 aliphatic rings. The Morgan fingerprint density at radius 1 is 1.20 bits per heavy atom. The Kier molecular flexibility index (Phi) is 8.29. The van der Waals surface area contributed by atoms with Crippen molar-refractivity contribution in [1.82, 2.24) is 15.5 Å². The maximum Gasteiger partial charge on any atom is 0.222 e. The lowest BCUT2D eigenvalue weighted by Gasteiger charge is -2.19. The molecule has 30 heavy (non-hydrogen) atoms. The summed E-state index contributed by atoms with van der Waals surface area (Å²) in [5, 5.41) is 6.48. The van der Waals surface area contributed by atoms with Gasteiger partial charge in [-0.25, -0.2) is 8.42 Å². The molecule has 8 heteroatoms. The standard InChI is InChI=1S/C22H36N4O3S/c1-6-20(27)26-14-12-18(16-26)25-21(23-7-2)24-13-15-30(28,29)19-10-8-17(9-11-19)22(3,4)5/h8-11,18H,6-7,12-16H2,1-5H3,(H2,23,24,25). The summed E-state index contributed by atoms with van der Waals surface area (Å²) in [6.07, 6.45) is 1.37. The zero-order chi connectivity index (χ0) is 22.4. The van der Waals surface area contributed by atoms with Gasteiger partial charge in [0, 0.05) is 32.1 Å². The summed E-state index contributed by atoms with van der Waals surface area (Å²) in [4.78, 5) is 18.5. The topological polar surface area (TPSA) is 90.9 Å². The molecule has 1 unspecified atom stereocenters. The van der Waals surface area contributed by atoms with Gasteiger partial charge < -0.3 is 15.5 Å². The Balaban J connectivity index is 1.97. The minimum absolute atomic E-state index is 0.0173. The highest BCUT2D eigenvalue weighted by atomic mass is 32.2. The summed E-state index contributed by atoms with van der Waals surface area (Å²) >= 11 is 0. The number of amides is 1. The molecule has 1 saturated heterocycles. The first kappa shape index (κ1) is 24.2. The third-order valence-corrected chi connectivity index (χ3v) is 6.95. The van der Waals surface area contributed by atoms with Gasteiger partial charge in [0.05, 0.1) is 17.2 Å². The van der Waals surface area contributed by atoms with E-state index in [1.807, 2.05) is 30.9 Å². The van der Waals surface area contributed by atoms with Gasteiger partial charge in [0.25, 0.3) is 0 Å². The van der Waals surface area contributed by atoms with Gasteiger partial charge in [0.1, 0.15) is 0 Å². The number of carbonyl (C=O) groups is 1. The fourth-order valence-corrected chi connectivity index (χ4v) is 4.52. The van der Waals surface area contributed by atoms with Crippen LogP contribution in [0.25, 0.3) is 0 Å². The summed E-state index contributed by atoms with van der Waals surface area (Å²) < 4.78 is 25.3. The molecular weight excluding hydrogens is 400 g/mol. The van der Waals surface area contributed by atoms with E-state index in [0.29, 0.717) is 30.4 Å². The molecule has 0 aliphatic carbocycles. The van der Waals surface area contributed by atoms with E-state index in [2.05, 4.69) is 36.4 Å². The van der Waals surface area contributed by atoms with Gasteiger partial charge in [-0.3, -0.25) is 9.79 Å². The van der Waals surface area contributed by atoms with Crippen LogP contribution in [-0.2, 0) is 20.0 Å². The molecule has 2 N–H and O–H groups in total. The molecule has 1 aromatic carbocycles. The van der Waals surface area contributed by atoms with Gasteiger partial charge >= 0.3 is 0 Å². The van der Waals surface area contributed by atoms with Crippen molar-refractivity contribution < 1.29 is 13.2 Å². The molecule has 0 spiro atoms. The van der Waals surface area contributed by atoms with Gasteiger partial charge in [-0.15, -0.1) is 0 Å². The van der Waals surface area contributed by atoms with Crippen molar-refractivity contribution in [2.24, 2.45) is 4.99 Å². The van der Waals surface area contributed by atoms with Crippen molar-refractivity contribution in [2.75, 3.05) is 31.9 Å². The van der Waals surface area contributed by atoms with Crippen LogP contribution in [0.5, 0.6) is 0 Å². The molecule has 1 aliphatic heterocycles. The van der Waals surface area contributed by atoms with E-state index in [1.54, 1.807) is 12.1 Å². The average Bonchev–Trinajstić information content (AvgIpc) is 3.15. The summed E-state index contributed by atoms with van der Waals surface area (Å²) in [5.74, 6) is 0.695. The van der Waals surface area contributed by atoms with Gasteiger partial charge in [0.15, 0.2) is 15.8 Å². The van der Waals surface area contributed by atoms with Gasteiger partial charge in [-0.1, -0.05) is 39.8 Å². The van der Waals surface area contributed by atoms with Crippen LogP contribution in [-0.4, -0.2) is 63.2 Å². The average molecular weight is 437 g/mol. The molecule has 0 radical (unpaired) electrons. The number of hydrogen-bond acceptors (Lipinski definition) is 4. The Hall–Kier alpha value is -2.09. The summed E-state index contributed by atoms with van der Waals surface area (Å²) in [6.45, 7) is 12.4. The second-order valence-electron chi connectivity index (χ2n) is 8.68. The maximum atomic E-state index is 12.7. The number of likely N-dealkylation sites (tertiary alicyclic amines) is 1. The van der Waals surface area contributed by atoms with Crippen molar-refractivity contribution in [2.45, 2.75) is 63.8 Å². The quantitative estimate of drug-likeness (QED) is 0.506. The highest BCUT2D eigenvalue weighted by Gasteiger charge is 2.26. The predicted octanol–water partition coefficient (Wildman–Crippen LogP) is 2.32. The largest absolute Gasteiger partial charge is 0.357 e. The molecule has 1 fully saturated rings. The molecule has 7 nitrogen and oxygen atoms in total. The monoisotopic (exact) mass is 436 g/mol. The predicted molar refractivity (Wildman–Crippen MR) is 122 cm³/mol. The fourth-order valence-electron chi connectivity index (χ4n) is 3.40. The number of nitrogens with zero attached hydrogens (tertiary/aromatic N) is 2. The van der Waals surface area contributed by atoms with E-state index in [0.717, 1.165) is 18.5 Å². The van der Waals surface area contributed by atoms with Crippen molar-refractivity contribution in [3.8, 4) is 0 Å². The van der Waals surface area contributed by atoms with Crippen LogP contribution in [0.1, 0.15) is 53.0 Å². The zero-order valence-corrected chi connectivity index (χ0v) is 19.7. The molecule has 2 rings (SSSR count). The Labute approximate surface area is 181 Å². The fraction of sp³-hybridized carbons (Fsp3) is 0.636. The zero-order valence-electron chi connectivity index (χ0n) is 18.9. The maximum absolute atomic E-state index is 12.7. The number of aliphatic imine (C=N–C) groups is 1. The lowest BCUT2D eigenvalue weighted by Crippen LogP contribution is -2.45. The van der Waals surface area contributed by atoms with E-state index in [9.17, 15) is 13.2 Å². The first-order valence-corrected chi connectivity index (χ1v) is 12.4. The third kappa shape index (κ3) is 6.72. The van der Waals surface area contributed by atoms with Crippen molar-refractivity contribution in [3.63, 3.8) is 0 Å². The number of rotatable bonds is 7. The van der Waals surface area contributed by atoms with Crippen molar-refractivity contribution in [3.05, 3.63) is 29.8 Å². The second-order valence-corrected chi connectivity index (χ2v) is 10.8. The van der Waals surface area contributed by atoms with Crippen LogP contribution in [0.15, 0.2) is 34.2 Å². The van der Waals surface area contributed by atoms with Gasteiger partial charge in [-0.05, 0) is 36.5 Å². The molecule has 0 bridgehead atoms.